The van der Waals surface area contributed by atoms with E-state index in [-0.39, 0.29) is 0 Å². The third-order valence-corrected chi connectivity index (χ3v) is 2.78. The average Bonchev–Trinajstić information content (AvgIpc) is 2.86. The van der Waals surface area contributed by atoms with Gasteiger partial charge in [-0.1, -0.05) is 0 Å². The van der Waals surface area contributed by atoms with Gasteiger partial charge in [-0.15, -0.1) is 0 Å². The van der Waals surface area contributed by atoms with Gasteiger partial charge in [0.25, 0.3) is 0 Å². The molecule has 2 rings (SSSR count). The molecule has 2 aromatic rings. The molecule has 17 heavy (non-hydrogen) atoms. The minimum Gasteiger partial charge on any atom is -0.497 e. The minimum absolute atomic E-state index is 0.582. The fourth-order valence-corrected chi connectivity index (χ4v) is 1.76. The van der Waals surface area contributed by atoms with Gasteiger partial charge in [-0.05, 0) is 12.1 Å². The van der Waals surface area contributed by atoms with Crippen LogP contribution in [0.15, 0.2) is 24.4 Å². The van der Waals surface area contributed by atoms with Crippen molar-refractivity contribution in [1.29, 1.82) is 0 Å². The molecule has 4 nitrogen and oxygen atoms in total. The van der Waals surface area contributed by atoms with E-state index >= 15 is 0 Å². The summed E-state index contributed by atoms with van der Waals surface area (Å²) < 4.78 is 10.5. The Hall–Kier alpha value is -1.62. The number of aromatic amines is 1. The monoisotopic (exact) mass is 250 g/mol. The molecular formula is C12H14N2O2S. The lowest BCUT2D eigenvalue weighted by Crippen LogP contribution is -1.90. The van der Waals surface area contributed by atoms with Crippen LogP contribution in [0.1, 0.15) is 5.82 Å². The fraction of sp³-hybridized carbons (Fsp3) is 0.250. The molecule has 0 bridgehead atoms. The number of hydrogen-bond acceptors (Lipinski definition) is 4. The van der Waals surface area contributed by atoms with Gasteiger partial charge >= 0.3 is 0 Å². The molecule has 90 valence electrons. The Balaban J connectivity index is 2.43. The number of nitrogens with one attached hydrogen (secondary N) is 1. The Labute approximate surface area is 105 Å². The van der Waals surface area contributed by atoms with Crippen LogP contribution in [0.4, 0.5) is 0 Å². The van der Waals surface area contributed by atoms with Crippen LogP contribution in [0.3, 0.4) is 0 Å². The molecule has 0 unspecified atom stereocenters. The summed E-state index contributed by atoms with van der Waals surface area (Å²) in [4.78, 5) is 7.39. The van der Waals surface area contributed by atoms with Crippen molar-refractivity contribution in [1.82, 2.24) is 9.97 Å². The van der Waals surface area contributed by atoms with Crippen LogP contribution in [0, 0.1) is 0 Å². The van der Waals surface area contributed by atoms with Crippen molar-refractivity contribution in [2.45, 2.75) is 5.75 Å². The number of H-pyrrole nitrogens is 1. The van der Waals surface area contributed by atoms with E-state index < -0.39 is 0 Å². The molecule has 0 aliphatic heterocycles. The zero-order valence-corrected chi connectivity index (χ0v) is 10.6. The van der Waals surface area contributed by atoms with Crippen molar-refractivity contribution in [2.75, 3.05) is 14.2 Å². The predicted octanol–water partition coefficient (Wildman–Crippen LogP) is 2.52. The highest BCUT2D eigenvalue weighted by molar-refractivity contribution is 7.79. The number of nitrogens with zero attached hydrogens (tertiary/aromatic N) is 1. The highest BCUT2D eigenvalue weighted by atomic mass is 32.1. The normalized spacial score (nSPS) is 10.3. The quantitative estimate of drug-likeness (QED) is 0.820. The van der Waals surface area contributed by atoms with E-state index in [0.29, 0.717) is 5.75 Å². The Morgan fingerprint density at radius 2 is 2.12 bits per heavy atom. The molecule has 5 heteroatoms. The first-order valence-electron chi connectivity index (χ1n) is 5.15. The molecule has 0 spiro atoms. The number of hydrogen-bond donors (Lipinski definition) is 2. The second-order valence-corrected chi connectivity index (χ2v) is 3.78. The zero-order valence-electron chi connectivity index (χ0n) is 9.73. The number of benzene rings is 1. The number of aromatic nitrogens is 2. The molecule has 1 aromatic carbocycles. The summed E-state index contributed by atoms with van der Waals surface area (Å²) in [5.41, 5.74) is 1.86. The van der Waals surface area contributed by atoms with Crippen LogP contribution in [0.5, 0.6) is 11.5 Å². The summed E-state index contributed by atoms with van der Waals surface area (Å²) in [6, 6.07) is 5.67. The van der Waals surface area contributed by atoms with E-state index in [1.54, 1.807) is 20.4 Å². The van der Waals surface area contributed by atoms with Gasteiger partial charge in [0.05, 0.1) is 26.1 Å². The number of methoxy groups -OCH3 is 2. The van der Waals surface area contributed by atoms with Crippen molar-refractivity contribution in [3.8, 4) is 22.8 Å². The molecule has 1 aromatic heterocycles. The van der Waals surface area contributed by atoms with Crippen molar-refractivity contribution in [2.24, 2.45) is 0 Å². The maximum Gasteiger partial charge on any atom is 0.131 e. The molecule has 0 radical (unpaired) electrons. The van der Waals surface area contributed by atoms with Crippen molar-refractivity contribution >= 4 is 12.6 Å². The Morgan fingerprint density at radius 3 is 2.71 bits per heavy atom. The van der Waals surface area contributed by atoms with Gasteiger partial charge in [-0.25, -0.2) is 4.98 Å². The van der Waals surface area contributed by atoms with Crippen molar-refractivity contribution in [3.05, 3.63) is 30.2 Å². The van der Waals surface area contributed by atoms with Gasteiger partial charge in [0.1, 0.15) is 17.3 Å². The van der Waals surface area contributed by atoms with E-state index in [2.05, 4.69) is 22.6 Å². The van der Waals surface area contributed by atoms with Crippen LogP contribution in [0.2, 0.25) is 0 Å². The summed E-state index contributed by atoms with van der Waals surface area (Å²) in [5, 5.41) is 0. The van der Waals surface area contributed by atoms with E-state index in [1.807, 2.05) is 18.2 Å². The number of imidazole rings is 1. The first-order valence-corrected chi connectivity index (χ1v) is 5.79. The van der Waals surface area contributed by atoms with Gasteiger partial charge in [0.15, 0.2) is 0 Å². The molecule has 0 aliphatic carbocycles. The van der Waals surface area contributed by atoms with Crippen molar-refractivity contribution < 1.29 is 9.47 Å². The summed E-state index contributed by atoms with van der Waals surface area (Å²) in [5.74, 6) is 2.93. The number of thiol groups is 1. The lowest BCUT2D eigenvalue weighted by molar-refractivity contribution is 0.395. The molecule has 1 heterocycles. The first kappa shape index (κ1) is 11.9. The molecule has 0 atom stereocenters. The third-order valence-electron chi connectivity index (χ3n) is 2.48. The highest BCUT2D eigenvalue weighted by Crippen LogP contribution is 2.32. The maximum absolute atomic E-state index is 5.34. The zero-order chi connectivity index (χ0) is 12.3. The van der Waals surface area contributed by atoms with Gasteiger partial charge in [0.2, 0.25) is 0 Å². The van der Waals surface area contributed by atoms with Gasteiger partial charge in [0, 0.05) is 17.4 Å². The number of rotatable bonds is 4. The van der Waals surface area contributed by atoms with E-state index in [1.165, 1.54) is 0 Å². The SMILES string of the molecule is COc1ccc(-c2cnc(CS)[nH]2)c(OC)c1. The molecular weight excluding hydrogens is 236 g/mol. The van der Waals surface area contributed by atoms with Crippen molar-refractivity contribution in [3.63, 3.8) is 0 Å². The van der Waals surface area contributed by atoms with Crippen LogP contribution >= 0.6 is 12.6 Å². The van der Waals surface area contributed by atoms with Crippen LogP contribution in [-0.4, -0.2) is 24.2 Å². The molecule has 0 saturated heterocycles. The van der Waals surface area contributed by atoms with Gasteiger partial charge in [-0.2, -0.15) is 12.6 Å². The van der Waals surface area contributed by atoms with Gasteiger partial charge < -0.3 is 14.5 Å². The van der Waals surface area contributed by atoms with E-state index in [4.69, 9.17) is 9.47 Å². The summed E-state index contributed by atoms with van der Waals surface area (Å²) in [7, 11) is 3.26. The molecule has 0 fully saturated rings. The second kappa shape index (κ2) is 5.14. The van der Waals surface area contributed by atoms with E-state index in [9.17, 15) is 0 Å². The third kappa shape index (κ3) is 2.39. The van der Waals surface area contributed by atoms with E-state index in [0.717, 1.165) is 28.6 Å². The summed E-state index contributed by atoms with van der Waals surface area (Å²) in [6.07, 6.45) is 1.77. The minimum atomic E-state index is 0.582. The largest absolute Gasteiger partial charge is 0.497 e. The first-order chi connectivity index (χ1) is 8.28. The number of ether oxygens (including phenoxy) is 2. The highest BCUT2D eigenvalue weighted by Gasteiger charge is 2.09. The maximum atomic E-state index is 5.34. The van der Waals surface area contributed by atoms with Crippen LogP contribution < -0.4 is 9.47 Å². The second-order valence-electron chi connectivity index (χ2n) is 3.47. The van der Waals surface area contributed by atoms with Crippen LogP contribution in [-0.2, 0) is 5.75 Å². The summed E-state index contributed by atoms with van der Waals surface area (Å²) in [6.45, 7) is 0. The summed E-state index contributed by atoms with van der Waals surface area (Å²) >= 11 is 4.17. The molecule has 0 aliphatic rings. The standard InChI is InChI=1S/C12H14N2O2S/c1-15-8-3-4-9(11(5-8)16-2)10-6-13-12(7-17)14-10/h3-6,17H,7H2,1-2H3,(H,13,14). The lowest BCUT2D eigenvalue weighted by atomic mass is 10.1. The molecule has 1 N–H and O–H groups in total. The fourth-order valence-electron chi connectivity index (χ4n) is 1.60. The van der Waals surface area contributed by atoms with Crippen LogP contribution in [0.25, 0.3) is 11.3 Å². The Morgan fingerprint density at radius 1 is 1.29 bits per heavy atom. The lowest BCUT2D eigenvalue weighted by Gasteiger charge is -2.08. The average molecular weight is 250 g/mol. The Bertz CT molecular complexity index is 511. The smallest absolute Gasteiger partial charge is 0.131 e. The topological polar surface area (TPSA) is 47.1 Å². The Kier molecular flexibility index (Phi) is 3.58. The molecule has 0 amide bonds. The molecule has 0 saturated carbocycles. The van der Waals surface area contributed by atoms with Gasteiger partial charge in [-0.3, -0.25) is 0 Å². The predicted molar refractivity (Wildman–Crippen MR) is 69.8 cm³/mol.